The number of rotatable bonds is 4. The van der Waals surface area contributed by atoms with Crippen molar-refractivity contribution in [3.05, 3.63) is 0 Å². The standard InChI is InChI=1S/C24H40O4/c1-14(4-7-22(27)28)17-5-6-18-16-13-21(26)20-12-15(25)8-10-24(20,3)19(16)9-11-23(17,18)2/h14-21,25-26H,4-13H2,1-3H3,(H,27,28)/t14-,15-,16+,17-,18+,19-,20+,21+,23-,24-/m1/s1. The van der Waals surface area contributed by atoms with Crippen molar-refractivity contribution in [2.24, 2.45) is 46.3 Å². The fourth-order valence-electron chi connectivity index (χ4n) is 8.81. The molecule has 4 aliphatic carbocycles. The Balaban J connectivity index is 1.55. The van der Waals surface area contributed by atoms with Gasteiger partial charge in [0, 0.05) is 6.42 Å². The van der Waals surface area contributed by atoms with E-state index in [1.165, 1.54) is 25.7 Å². The molecular formula is C24H40O4. The molecule has 0 radical (unpaired) electrons. The summed E-state index contributed by atoms with van der Waals surface area (Å²) >= 11 is 0. The molecule has 0 bridgehead atoms. The fourth-order valence-corrected chi connectivity index (χ4v) is 8.81. The van der Waals surface area contributed by atoms with Gasteiger partial charge in [-0.3, -0.25) is 4.79 Å². The zero-order chi connectivity index (χ0) is 20.3. The van der Waals surface area contributed by atoms with Gasteiger partial charge < -0.3 is 15.3 Å². The molecule has 4 nitrogen and oxygen atoms in total. The lowest BCUT2D eigenvalue weighted by Crippen LogP contribution is -2.58. The van der Waals surface area contributed by atoms with Gasteiger partial charge in [-0.2, -0.15) is 0 Å². The lowest BCUT2D eigenvalue weighted by Gasteiger charge is -2.62. The minimum Gasteiger partial charge on any atom is -0.481 e. The molecule has 4 heteroatoms. The first-order valence-electron chi connectivity index (χ1n) is 11.7. The number of carboxylic acid groups (broad SMARTS) is 1. The van der Waals surface area contributed by atoms with E-state index in [0.717, 1.165) is 32.1 Å². The monoisotopic (exact) mass is 392 g/mol. The highest BCUT2D eigenvalue weighted by molar-refractivity contribution is 5.66. The molecule has 28 heavy (non-hydrogen) atoms. The Kier molecular flexibility index (Phi) is 5.36. The number of aliphatic hydroxyl groups excluding tert-OH is 2. The van der Waals surface area contributed by atoms with E-state index >= 15 is 0 Å². The number of fused-ring (bicyclic) bond motifs is 5. The highest BCUT2D eigenvalue weighted by Gasteiger charge is 2.62. The molecule has 4 fully saturated rings. The smallest absolute Gasteiger partial charge is 0.303 e. The van der Waals surface area contributed by atoms with Gasteiger partial charge in [0.25, 0.3) is 0 Å². The second-order valence-electron chi connectivity index (χ2n) is 11.4. The van der Waals surface area contributed by atoms with Crippen molar-refractivity contribution in [2.45, 2.75) is 97.2 Å². The van der Waals surface area contributed by atoms with E-state index in [2.05, 4.69) is 20.8 Å². The van der Waals surface area contributed by atoms with Crippen LogP contribution in [-0.4, -0.2) is 33.5 Å². The lowest BCUT2D eigenvalue weighted by molar-refractivity contribution is -0.172. The second kappa shape index (κ2) is 7.27. The van der Waals surface area contributed by atoms with Crippen LogP contribution in [0.15, 0.2) is 0 Å². The third-order valence-electron chi connectivity index (χ3n) is 10.2. The molecule has 0 unspecified atom stereocenters. The average molecular weight is 393 g/mol. The van der Waals surface area contributed by atoms with Crippen molar-refractivity contribution < 1.29 is 20.1 Å². The molecule has 0 spiro atoms. The van der Waals surface area contributed by atoms with Crippen LogP contribution in [0.1, 0.15) is 85.0 Å². The zero-order valence-corrected chi connectivity index (χ0v) is 17.9. The van der Waals surface area contributed by atoms with Crippen LogP contribution in [0.2, 0.25) is 0 Å². The summed E-state index contributed by atoms with van der Waals surface area (Å²) in [5.41, 5.74) is 0.478. The Morgan fingerprint density at radius 2 is 1.64 bits per heavy atom. The fraction of sp³-hybridized carbons (Fsp3) is 0.958. The van der Waals surface area contributed by atoms with Crippen LogP contribution >= 0.6 is 0 Å². The van der Waals surface area contributed by atoms with Gasteiger partial charge in [-0.25, -0.2) is 0 Å². The first-order chi connectivity index (χ1) is 13.2. The highest BCUT2D eigenvalue weighted by atomic mass is 16.4. The molecular weight excluding hydrogens is 352 g/mol. The number of aliphatic carboxylic acids is 1. The number of aliphatic hydroxyl groups is 2. The quantitative estimate of drug-likeness (QED) is 0.659. The molecule has 4 saturated carbocycles. The van der Waals surface area contributed by atoms with Crippen LogP contribution in [0, 0.1) is 46.3 Å². The summed E-state index contributed by atoms with van der Waals surface area (Å²) < 4.78 is 0. The van der Waals surface area contributed by atoms with Crippen LogP contribution in [0.5, 0.6) is 0 Å². The Hall–Kier alpha value is -0.610. The molecule has 0 aromatic rings. The third kappa shape index (κ3) is 3.14. The summed E-state index contributed by atoms with van der Waals surface area (Å²) in [6.45, 7) is 7.16. The number of carboxylic acids is 1. The Morgan fingerprint density at radius 1 is 0.964 bits per heavy atom. The van der Waals surface area contributed by atoms with Crippen LogP contribution in [0.3, 0.4) is 0 Å². The van der Waals surface area contributed by atoms with Gasteiger partial charge in [-0.1, -0.05) is 20.8 Å². The molecule has 0 amide bonds. The van der Waals surface area contributed by atoms with Gasteiger partial charge in [0.05, 0.1) is 12.2 Å². The minimum absolute atomic E-state index is 0.176. The zero-order valence-electron chi connectivity index (χ0n) is 17.9. The van der Waals surface area contributed by atoms with Crippen molar-refractivity contribution in [1.29, 1.82) is 0 Å². The van der Waals surface area contributed by atoms with E-state index in [1.54, 1.807) is 0 Å². The molecule has 0 aliphatic heterocycles. The van der Waals surface area contributed by atoms with E-state index in [9.17, 15) is 15.0 Å². The first kappa shape index (κ1) is 20.7. The molecule has 3 N–H and O–H groups in total. The summed E-state index contributed by atoms with van der Waals surface area (Å²) in [7, 11) is 0. The van der Waals surface area contributed by atoms with Gasteiger partial charge in [0.1, 0.15) is 0 Å². The maximum Gasteiger partial charge on any atom is 0.303 e. The summed E-state index contributed by atoms with van der Waals surface area (Å²) in [5, 5.41) is 30.4. The number of hydrogen-bond acceptors (Lipinski definition) is 3. The molecule has 0 aromatic carbocycles. The summed E-state index contributed by atoms with van der Waals surface area (Å²) in [5.74, 6) is 2.61. The van der Waals surface area contributed by atoms with Crippen LogP contribution in [0.25, 0.3) is 0 Å². The van der Waals surface area contributed by atoms with E-state index in [0.29, 0.717) is 35.0 Å². The molecule has 0 heterocycles. The molecule has 160 valence electrons. The largest absolute Gasteiger partial charge is 0.481 e. The maximum absolute atomic E-state index is 11.1. The average Bonchev–Trinajstić information content (AvgIpc) is 2.99. The number of hydrogen-bond donors (Lipinski definition) is 3. The van der Waals surface area contributed by atoms with Gasteiger partial charge in [0.15, 0.2) is 0 Å². The van der Waals surface area contributed by atoms with Crippen molar-refractivity contribution in [2.75, 3.05) is 0 Å². The van der Waals surface area contributed by atoms with Crippen LogP contribution in [-0.2, 0) is 4.79 Å². The topological polar surface area (TPSA) is 77.8 Å². The minimum atomic E-state index is -0.677. The Labute approximate surface area is 170 Å². The SMILES string of the molecule is C[C@H](CCC(=O)O)[C@H]1CC[C@H]2[C@@H]3C[C@H](O)[C@@H]4C[C@H](O)CC[C@]4(C)[C@@H]3CC[C@]12C. The van der Waals surface area contributed by atoms with Gasteiger partial charge in [-0.05, 0) is 104 Å². The van der Waals surface area contributed by atoms with E-state index in [1.807, 2.05) is 0 Å². The molecule has 4 aliphatic rings. The molecule has 0 saturated heterocycles. The summed E-state index contributed by atoms with van der Waals surface area (Å²) in [6, 6.07) is 0. The first-order valence-corrected chi connectivity index (χ1v) is 11.7. The van der Waals surface area contributed by atoms with Gasteiger partial charge in [-0.15, -0.1) is 0 Å². The summed E-state index contributed by atoms with van der Waals surface area (Å²) in [6.07, 6.45) is 9.16. The predicted octanol–water partition coefficient (Wildman–Crippen LogP) is 4.48. The van der Waals surface area contributed by atoms with Crippen molar-refractivity contribution in [3.63, 3.8) is 0 Å². The lowest BCUT2D eigenvalue weighted by atomic mass is 9.44. The molecule has 4 rings (SSSR count). The maximum atomic E-state index is 11.1. The summed E-state index contributed by atoms with van der Waals surface area (Å²) in [4.78, 5) is 11.1. The van der Waals surface area contributed by atoms with Crippen LogP contribution < -0.4 is 0 Å². The van der Waals surface area contributed by atoms with Crippen molar-refractivity contribution in [3.8, 4) is 0 Å². The second-order valence-corrected chi connectivity index (χ2v) is 11.4. The molecule has 10 atom stereocenters. The number of carbonyl (C=O) groups is 1. The van der Waals surface area contributed by atoms with Crippen molar-refractivity contribution >= 4 is 5.97 Å². The van der Waals surface area contributed by atoms with Gasteiger partial charge >= 0.3 is 5.97 Å². The molecule has 0 aromatic heterocycles. The third-order valence-corrected chi connectivity index (χ3v) is 10.2. The van der Waals surface area contributed by atoms with E-state index < -0.39 is 5.97 Å². The Bertz CT molecular complexity index is 605. The highest BCUT2D eigenvalue weighted by Crippen LogP contribution is 2.68. The predicted molar refractivity (Wildman–Crippen MR) is 109 cm³/mol. The van der Waals surface area contributed by atoms with Crippen molar-refractivity contribution in [1.82, 2.24) is 0 Å². The van der Waals surface area contributed by atoms with E-state index in [4.69, 9.17) is 5.11 Å². The van der Waals surface area contributed by atoms with Gasteiger partial charge in [0.2, 0.25) is 0 Å². The normalized spacial score (nSPS) is 51.7. The van der Waals surface area contributed by atoms with E-state index in [-0.39, 0.29) is 30.0 Å². The Morgan fingerprint density at radius 3 is 2.36 bits per heavy atom. The van der Waals surface area contributed by atoms with Crippen LogP contribution in [0.4, 0.5) is 0 Å².